The molecule has 3 aromatic rings. The molecule has 0 saturated carbocycles. The molecule has 0 N–H and O–H groups in total. The number of fused-ring (bicyclic) bond motifs is 3. The summed E-state index contributed by atoms with van der Waals surface area (Å²) < 4.78 is 2.42. The molecule has 0 atom stereocenters. The van der Waals surface area contributed by atoms with Crippen molar-refractivity contribution < 1.29 is 0 Å². The summed E-state index contributed by atoms with van der Waals surface area (Å²) in [4.78, 5) is 0. The molecule has 0 bridgehead atoms. The third-order valence-corrected chi connectivity index (χ3v) is 9.33. The molecule has 0 aliphatic heterocycles. The van der Waals surface area contributed by atoms with Gasteiger partial charge >= 0.3 is 0 Å². The topological polar surface area (TPSA) is 0 Å². The zero-order valence-corrected chi connectivity index (χ0v) is 25.1. The fourth-order valence-electron chi connectivity index (χ4n) is 5.62. The molecular formula is C33H40Br2. The van der Waals surface area contributed by atoms with Crippen molar-refractivity contribution in [2.24, 2.45) is 0 Å². The first-order valence-corrected chi connectivity index (χ1v) is 15.2. The molecule has 35 heavy (non-hydrogen) atoms. The van der Waals surface area contributed by atoms with E-state index in [1.165, 1.54) is 123 Å². The van der Waals surface area contributed by atoms with E-state index in [0.29, 0.717) is 5.92 Å². The van der Waals surface area contributed by atoms with E-state index in [4.69, 9.17) is 0 Å². The van der Waals surface area contributed by atoms with Gasteiger partial charge in [-0.15, -0.1) is 0 Å². The van der Waals surface area contributed by atoms with Crippen LogP contribution >= 0.6 is 31.9 Å². The molecule has 0 nitrogen and oxygen atoms in total. The zero-order chi connectivity index (χ0) is 24.9. The predicted octanol–water partition coefficient (Wildman–Crippen LogP) is 11.2. The molecule has 3 aromatic carbocycles. The minimum absolute atomic E-state index is 0.291. The first-order valence-electron chi connectivity index (χ1n) is 13.7. The van der Waals surface area contributed by atoms with Crippen LogP contribution in [-0.4, -0.2) is 0 Å². The summed E-state index contributed by atoms with van der Waals surface area (Å²) in [6.45, 7) is 9.00. The molecule has 2 heteroatoms. The van der Waals surface area contributed by atoms with Crippen molar-refractivity contribution in [1.29, 1.82) is 0 Å². The Hall–Kier alpha value is -1.38. The average molecular weight is 596 g/mol. The van der Waals surface area contributed by atoms with Crippen molar-refractivity contribution in [3.63, 3.8) is 0 Å². The number of hydrogen-bond acceptors (Lipinski definition) is 0. The zero-order valence-electron chi connectivity index (χ0n) is 21.9. The number of halogens is 2. The Morgan fingerprint density at radius 2 is 1.03 bits per heavy atom. The molecule has 1 aliphatic rings. The van der Waals surface area contributed by atoms with E-state index in [2.05, 4.69) is 102 Å². The maximum Gasteiger partial charge on any atom is 0.0353 e. The van der Waals surface area contributed by atoms with E-state index >= 15 is 0 Å². The van der Waals surface area contributed by atoms with Crippen LogP contribution in [0, 0.1) is 13.8 Å². The Balaban J connectivity index is 1.78. The largest absolute Gasteiger partial charge is 0.0654 e. The van der Waals surface area contributed by atoms with Crippen LogP contribution in [0.15, 0.2) is 51.4 Å². The van der Waals surface area contributed by atoms with Crippen molar-refractivity contribution >= 4 is 31.9 Å². The van der Waals surface area contributed by atoms with Gasteiger partial charge in [0, 0.05) is 14.9 Å². The normalized spacial score (nSPS) is 12.7. The summed E-state index contributed by atoms with van der Waals surface area (Å²) in [5.74, 6) is 0.291. The van der Waals surface area contributed by atoms with Gasteiger partial charge in [0.1, 0.15) is 0 Å². The highest BCUT2D eigenvalue weighted by Crippen LogP contribution is 2.51. The van der Waals surface area contributed by atoms with E-state index < -0.39 is 0 Å². The summed E-state index contributed by atoms with van der Waals surface area (Å²) in [7, 11) is 0. The van der Waals surface area contributed by atoms with Gasteiger partial charge in [0.25, 0.3) is 0 Å². The second kappa shape index (κ2) is 12.2. The number of unbranched alkanes of at least 4 members (excludes halogenated alkanes) is 6. The summed E-state index contributed by atoms with van der Waals surface area (Å²) in [5.41, 5.74) is 12.8. The Morgan fingerprint density at radius 3 is 1.46 bits per heavy atom. The van der Waals surface area contributed by atoms with Gasteiger partial charge in [-0.1, -0.05) is 102 Å². The fourth-order valence-corrected chi connectivity index (χ4v) is 6.35. The van der Waals surface area contributed by atoms with E-state index in [0.717, 1.165) is 0 Å². The van der Waals surface area contributed by atoms with Crippen molar-refractivity contribution in [1.82, 2.24) is 0 Å². The molecule has 0 unspecified atom stereocenters. The third kappa shape index (κ3) is 6.13. The maximum atomic E-state index is 3.84. The highest BCUT2D eigenvalue weighted by atomic mass is 79.9. The van der Waals surface area contributed by atoms with Crippen LogP contribution in [0.2, 0.25) is 0 Å². The van der Waals surface area contributed by atoms with Gasteiger partial charge in [0.15, 0.2) is 0 Å². The molecule has 1 aliphatic carbocycles. The Kier molecular flexibility index (Phi) is 9.33. The van der Waals surface area contributed by atoms with Gasteiger partial charge in [-0.25, -0.2) is 0 Å². The summed E-state index contributed by atoms with van der Waals surface area (Å²) >= 11 is 7.68. The van der Waals surface area contributed by atoms with E-state index in [-0.39, 0.29) is 0 Å². The lowest BCUT2D eigenvalue weighted by Gasteiger charge is -2.19. The fraction of sp³-hybridized carbons (Fsp3) is 0.455. The summed E-state index contributed by atoms with van der Waals surface area (Å²) in [6, 6.07) is 17.1. The number of aryl methyl sites for hydroxylation is 4. The van der Waals surface area contributed by atoms with Crippen molar-refractivity contribution in [2.75, 3.05) is 0 Å². The van der Waals surface area contributed by atoms with Gasteiger partial charge < -0.3 is 0 Å². The summed E-state index contributed by atoms with van der Waals surface area (Å²) in [5, 5.41) is 0. The first kappa shape index (κ1) is 26.7. The second-order valence-corrected chi connectivity index (χ2v) is 12.2. The van der Waals surface area contributed by atoms with Crippen LogP contribution in [0.1, 0.15) is 110 Å². The average Bonchev–Trinajstić information content (AvgIpc) is 3.12. The highest BCUT2D eigenvalue weighted by molar-refractivity contribution is 9.10. The molecule has 0 amide bonds. The minimum Gasteiger partial charge on any atom is -0.0654 e. The molecule has 0 spiro atoms. The highest BCUT2D eigenvalue weighted by Gasteiger charge is 2.31. The lowest BCUT2D eigenvalue weighted by Crippen LogP contribution is -2.03. The van der Waals surface area contributed by atoms with Crippen LogP contribution in [0.3, 0.4) is 0 Å². The van der Waals surface area contributed by atoms with Gasteiger partial charge in [0.2, 0.25) is 0 Å². The minimum atomic E-state index is 0.291. The van der Waals surface area contributed by atoms with Crippen molar-refractivity contribution in [3.8, 4) is 11.1 Å². The van der Waals surface area contributed by atoms with Gasteiger partial charge in [0.05, 0.1) is 0 Å². The van der Waals surface area contributed by atoms with E-state index in [1.807, 2.05) is 0 Å². The van der Waals surface area contributed by atoms with Crippen molar-refractivity contribution in [3.05, 3.63) is 90.4 Å². The van der Waals surface area contributed by atoms with Gasteiger partial charge in [-0.05, 0) is 114 Å². The monoisotopic (exact) mass is 594 g/mol. The third-order valence-electron chi connectivity index (χ3n) is 7.62. The summed E-state index contributed by atoms with van der Waals surface area (Å²) in [6.07, 6.45) is 12.9. The van der Waals surface area contributed by atoms with Gasteiger partial charge in [-0.2, -0.15) is 0 Å². The Bertz CT molecular complexity index is 1090. The Labute approximate surface area is 230 Å². The molecule has 0 aromatic heterocycles. The smallest absolute Gasteiger partial charge is 0.0353 e. The lowest BCUT2D eigenvalue weighted by atomic mass is 9.85. The second-order valence-electron chi connectivity index (χ2n) is 10.5. The van der Waals surface area contributed by atoms with E-state index in [1.54, 1.807) is 0 Å². The van der Waals surface area contributed by atoms with Crippen molar-refractivity contribution in [2.45, 2.75) is 97.8 Å². The van der Waals surface area contributed by atoms with Crippen LogP contribution in [0.5, 0.6) is 0 Å². The first-order chi connectivity index (χ1) is 16.9. The molecular weight excluding hydrogens is 556 g/mol. The van der Waals surface area contributed by atoms with Gasteiger partial charge in [-0.3, -0.25) is 0 Å². The lowest BCUT2D eigenvalue weighted by molar-refractivity contribution is 0.660. The molecule has 0 fully saturated rings. The van der Waals surface area contributed by atoms with Crippen LogP contribution in [0.4, 0.5) is 0 Å². The maximum absolute atomic E-state index is 3.84. The van der Waals surface area contributed by atoms with Crippen LogP contribution in [0.25, 0.3) is 11.1 Å². The predicted molar refractivity (Wildman–Crippen MR) is 160 cm³/mol. The molecule has 0 saturated heterocycles. The molecule has 186 valence electrons. The molecule has 0 heterocycles. The standard InChI is InChI=1S/C33H40Br2/c1-5-7-9-11-13-24-17-25(14-12-10-8-6-2)19-26(18-24)33-29-20-31(34)22(3)15-27(29)28-16-23(4)32(35)21-30(28)33/h15-21,33H,5-14H2,1-4H3. The van der Waals surface area contributed by atoms with Crippen LogP contribution in [-0.2, 0) is 12.8 Å². The Morgan fingerprint density at radius 1 is 0.571 bits per heavy atom. The van der Waals surface area contributed by atoms with E-state index in [9.17, 15) is 0 Å². The molecule has 4 rings (SSSR count). The number of benzene rings is 3. The SMILES string of the molecule is CCCCCCc1cc(CCCCCC)cc(C2c3cc(Br)c(C)cc3-c3cc(C)c(Br)cc32)c1. The number of hydrogen-bond donors (Lipinski definition) is 0. The number of rotatable bonds is 11. The molecule has 0 radical (unpaired) electrons. The van der Waals surface area contributed by atoms with Crippen LogP contribution < -0.4 is 0 Å². The quantitative estimate of drug-likeness (QED) is 0.151.